The van der Waals surface area contributed by atoms with E-state index in [-0.39, 0.29) is 9.79 Å². The van der Waals surface area contributed by atoms with Crippen molar-refractivity contribution in [2.75, 3.05) is 17.1 Å². The molecule has 1 atom stereocenters. The van der Waals surface area contributed by atoms with Gasteiger partial charge in [-0.3, -0.25) is 9.10 Å². The van der Waals surface area contributed by atoms with Crippen LogP contribution in [0.5, 0.6) is 0 Å². The van der Waals surface area contributed by atoms with Gasteiger partial charge >= 0.3 is 0 Å². The van der Waals surface area contributed by atoms with Crippen molar-refractivity contribution in [3.8, 4) is 0 Å². The maximum Gasteiger partial charge on any atom is 0.264 e. The highest BCUT2D eigenvalue weighted by Crippen LogP contribution is 2.24. The van der Waals surface area contributed by atoms with Crippen molar-refractivity contribution < 1.29 is 21.6 Å². The normalized spacial score (nSPS) is 12.7. The van der Waals surface area contributed by atoms with Crippen molar-refractivity contribution in [3.05, 3.63) is 90.0 Å². The average Bonchev–Trinajstić information content (AvgIpc) is 2.78. The third-order valence-corrected chi connectivity index (χ3v) is 8.04. The van der Waals surface area contributed by atoms with E-state index in [0.717, 1.165) is 16.1 Å². The summed E-state index contributed by atoms with van der Waals surface area (Å²) in [5, 5.41) is 2.80. The minimum absolute atomic E-state index is 0.0859. The standard InChI is InChI=1S/C24H26N2O5S2/c1-18-9-13-21(14-10-18)26(33(30,31)23-7-5-4-6-8-23)17-24(27)25-19(2)20-11-15-22(16-12-20)32(3,28)29/h4-16,19H,17H2,1-3H3,(H,25,27)/t19-/m1/s1. The first-order valence-electron chi connectivity index (χ1n) is 10.2. The molecule has 0 bridgehead atoms. The second kappa shape index (κ2) is 9.76. The molecule has 1 amide bonds. The molecule has 0 radical (unpaired) electrons. The van der Waals surface area contributed by atoms with Gasteiger partial charge in [0, 0.05) is 6.26 Å². The van der Waals surface area contributed by atoms with Gasteiger partial charge in [0.1, 0.15) is 6.54 Å². The van der Waals surface area contributed by atoms with Gasteiger partial charge in [0.25, 0.3) is 10.0 Å². The summed E-state index contributed by atoms with van der Waals surface area (Å²) in [7, 11) is -7.30. The first-order valence-corrected chi connectivity index (χ1v) is 13.6. The van der Waals surface area contributed by atoms with Gasteiger partial charge in [-0.15, -0.1) is 0 Å². The zero-order valence-corrected chi connectivity index (χ0v) is 20.2. The average molecular weight is 487 g/mol. The molecule has 0 aliphatic heterocycles. The summed E-state index contributed by atoms with van der Waals surface area (Å²) in [5.41, 5.74) is 2.04. The fourth-order valence-corrected chi connectivity index (χ4v) is 5.32. The lowest BCUT2D eigenvalue weighted by Crippen LogP contribution is -2.41. The SMILES string of the molecule is Cc1ccc(N(CC(=O)N[C@H](C)c2ccc(S(C)(=O)=O)cc2)S(=O)(=O)c2ccccc2)cc1. The van der Waals surface area contributed by atoms with Crippen LogP contribution in [0.1, 0.15) is 24.1 Å². The van der Waals surface area contributed by atoms with E-state index in [1.165, 1.54) is 24.3 Å². The smallest absolute Gasteiger partial charge is 0.264 e. The number of anilines is 1. The highest BCUT2D eigenvalue weighted by molar-refractivity contribution is 7.93. The molecule has 0 saturated carbocycles. The van der Waals surface area contributed by atoms with Crippen molar-refractivity contribution in [3.63, 3.8) is 0 Å². The zero-order chi connectivity index (χ0) is 24.2. The van der Waals surface area contributed by atoms with Crippen molar-refractivity contribution in [1.82, 2.24) is 5.32 Å². The molecule has 9 heteroatoms. The van der Waals surface area contributed by atoms with Crippen LogP contribution in [0.4, 0.5) is 5.69 Å². The van der Waals surface area contributed by atoms with E-state index in [1.807, 2.05) is 6.92 Å². The first kappa shape index (κ1) is 24.5. The number of amides is 1. The predicted octanol–water partition coefficient (Wildman–Crippen LogP) is 3.47. The number of benzene rings is 3. The first-order chi connectivity index (χ1) is 15.5. The Balaban J connectivity index is 1.84. The van der Waals surface area contributed by atoms with E-state index in [1.54, 1.807) is 61.5 Å². The summed E-state index contributed by atoms with van der Waals surface area (Å²) in [6, 6.07) is 20.6. The van der Waals surface area contributed by atoms with Crippen LogP contribution in [0.3, 0.4) is 0 Å². The molecule has 0 saturated heterocycles. The molecule has 3 aromatic carbocycles. The third kappa shape index (κ3) is 6.00. The molecule has 7 nitrogen and oxygen atoms in total. The van der Waals surface area contributed by atoms with Crippen molar-refractivity contribution in [2.24, 2.45) is 0 Å². The molecule has 0 heterocycles. The lowest BCUT2D eigenvalue weighted by Gasteiger charge is -2.25. The highest BCUT2D eigenvalue weighted by atomic mass is 32.2. The van der Waals surface area contributed by atoms with Crippen molar-refractivity contribution in [1.29, 1.82) is 0 Å². The van der Waals surface area contributed by atoms with Gasteiger partial charge in [-0.25, -0.2) is 16.8 Å². The van der Waals surface area contributed by atoms with Crippen LogP contribution in [0.15, 0.2) is 88.7 Å². The van der Waals surface area contributed by atoms with Crippen LogP contribution in [0.25, 0.3) is 0 Å². The zero-order valence-electron chi connectivity index (χ0n) is 18.6. The van der Waals surface area contributed by atoms with E-state index in [2.05, 4.69) is 5.32 Å². The van der Waals surface area contributed by atoms with E-state index in [4.69, 9.17) is 0 Å². The van der Waals surface area contributed by atoms with Crippen LogP contribution in [-0.2, 0) is 24.7 Å². The minimum atomic E-state index is -3.98. The molecule has 0 aliphatic carbocycles. The Labute approximate surface area is 195 Å². The molecule has 174 valence electrons. The maximum absolute atomic E-state index is 13.3. The Morgan fingerprint density at radius 2 is 1.42 bits per heavy atom. The summed E-state index contributed by atoms with van der Waals surface area (Å²) in [4.78, 5) is 13.1. The van der Waals surface area contributed by atoms with Crippen LogP contribution < -0.4 is 9.62 Å². The van der Waals surface area contributed by atoms with E-state index >= 15 is 0 Å². The van der Waals surface area contributed by atoms with Crippen molar-refractivity contribution in [2.45, 2.75) is 29.7 Å². The number of sulfonamides is 1. The fraction of sp³-hybridized carbons (Fsp3) is 0.208. The van der Waals surface area contributed by atoms with E-state index < -0.39 is 38.4 Å². The summed E-state index contributed by atoms with van der Waals surface area (Å²) in [6.07, 6.45) is 1.13. The number of hydrogen-bond acceptors (Lipinski definition) is 5. The summed E-state index contributed by atoms with van der Waals surface area (Å²) in [5.74, 6) is -0.491. The van der Waals surface area contributed by atoms with Gasteiger partial charge in [-0.05, 0) is 55.8 Å². The quantitative estimate of drug-likeness (QED) is 0.525. The summed E-state index contributed by atoms with van der Waals surface area (Å²) >= 11 is 0. The molecule has 33 heavy (non-hydrogen) atoms. The van der Waals surface area contributed by atoms with Gasteiger partial charge < -0.3 is 5.32 Å². The number of aryl methyl sites for hydroxylation is 1. The molecule has 0 aliphatic rings. The molecule has 0 fully saturated rings. The molecular weight excluding hydrogens is 460 g/mol. The molecule has 0 unspecified atom stereocenters. The van der Waals surface area contributed by atoms with Crippen molar-refractivity contribution >= 4 is 31.5 Å². The lowest BCUT2D eigenvalue weighted by molar-refractivity contribution is -0.120. The molecular formula is C24H26N2O5S2. The molecule has 0 spiro atoms. The Morgan fingerprint density at radius 1 is 0.848 bits per heavy atom. The fourth-order valence-electron chi connectivity index (χ4n) is 3.25. The number of nitrogens with one attached hydrogen (secondary N) is 1. The summed E-state index contributed by atoms with van der Waals surface area (Å²) in [6.45, 7) is 3.23. The Hall–Kier alpha value is -3.17. The van der Waals surface area contributed by atoms with Gasteiger partial charge in [0.15, 0.2) is 9.84 Å². The predicted molar refractivity (Wildman–Crippen MR) is 128 cm³/mol. The number of carbonyl (C=O) groups is 1. The number of hydrogen-bond donors (Lipinski definition) is 1. The number of nitrogens with zero attached hydrogens (tertiary/aromatic N) is 1. The second-order valence-electron chi connectivity index (χ2n) is 7.79. The molecule has 3 aromatic rings. The lowest BCUT2D eigenvalue weighted by atomic mass is 10.1. The van der Waals surface area contributed by atoms with E-state index in [0.29, 0.717) is 11.3 Å². The van der Waals surface area contributed by atoms with Crippen LogP contribution in [0.2, 0.25) is 0 Å². The van der Waals surface area contributed by atoms with Gasteiger partial charge in [-0.2, -0.15) is 0 Å². The largest absolute Gasteiger partial charge is 0.348 e. The van der Waals surface area contributed by atoms with Crippen LogP contribution >= 0.6 is 0 Å². The number of sulfone groups is 1. The Bertz CT molecular complexity index is 1320. The van der Waals surface area contributed by atoms with Crippen LogP contribution in [0, 0.1) is 6.92 Å². The van der Waals surface area contributed by atoms with Gasteiger partial charge in [0.2, 0.25) is 5.91 Å². The minimum Gasteiger partial charge on any atom is -0.348 e. The van der Waals surface area contributed by atoms with Gasteiger partial charge in [0.05, 0.1) is 21.5 Å². The topological polar surface area (TPSA) is 101 Å². The Kier molecular flexibility index (Phi) is 7.24. The van der Waals surface area contributed by atoms with Gasteiger partial charge in [-0.1, -0.05) is 48.0 Å². The molecule has 0 aromatic heterocycles. The Morgan fingerprint density at radius 3 is 1.97 bits per heavy atom. The molecule has 1 N–H and O–H groups in total. The number of rotatable bonds is 8. The highest BCUT2D eigenvalue weighted by Gasteiger charge is 2.27. The monoisotopic (exact) mass is 486 g/mol. The summed E-state index contributed by atoms with van der Waals surface area (Å²) < 4.78 is 51.0. The second-order valence-corrected chi connectivity index (χ2v) is 11.7. The number of carbonyl (C=O) groups excluding carboxylic acids is 1. The van der Waals surface area contributed by atoms with E-state index in [9.17, 15) is 21.6 Å². The van der Waals surface area contributed by atoms with Crippen LogP contribution in [-0.4, -0.2) is 35.5 Å². The third-order valence-electron chi connectivity index (χ3n) is 5.13. The molecule has 3 rings (SSSR count). The maximum atomic E-state index is 13.3.